The van der Waals surface area contributed by atoms with Crippen molar-refractivity contribution >= 4 is 12.1 Å². The number of nitrogens with zero attached hydrogens (tertiary/aromatic N) is 4. The Bertz CT molecular complexity index is 567. The van der Waals surface area contributed by atoms with Crippen LogP contribution in [0.2, 0.25) is 0 Å². The van der Waals surface area contributed by atoms with Crippen molar-refractivity contribution < 1.29 is 9.53 Å². The number of aliphatic imine (C=N–C) groups is 1. The van der Waals surface area contributed by atoms with Crippen LogP contribution in [0.4, 0.5) is 4.79 Å². The largest absolute Gasteiger partial charge is 0.444 e. The summed E-state index contributed by atoms with van der Waals surface area (Å²) in [4.78, 5) is 24.3. The molecular formula is C24H47N5O2. The predicted octanol–water partition coefficient (Wildman–Crippen LogP) is 3.65. The molecular weight excluding hydrogens is 390 g/mol. The van der Waals surface area contributed by atoms with Gasteiger partial charge in [-0.15, -0.1) is 0 Å². The number of rotatable bonds is 7. The van der Waals surface area contributed by atoms with E-state index >= 15 is 0 Å². The Morgan fingerprint density at radius 1 is 1.10 bits per heavy atom. The van der Waals surface area contributed by atoms with Gasteiger partial charge in [0.25, 0.3) is 0 Å². The van der Waals surface area contributed by atoms with E-state index in [9.17, 15) is 4.79 Å². The van der Waals surface area contributed by atoms with E-state index in [1.54, 1.807) is 0 Å². The molecule has 0 aliphatic carbocycles. The average molecular weight is 438 g/mol. The summed E-state index contributed by atoms with van der Waals surface area (Å²) in [7, 11) is 0. The second-order valence-corrected chi connectivity index (χ2v) is 10.0. The van der Waals surface area contributed by atoms with E-state index in [4.69, 9.17) is 9.73 Å². The zero-order valence-corrected chi connectivity index (χ0v) is 21.0. The topological polar surface area (TPSA) is 60.4 Å². The smallest absolute Gasteiger partial charge is 0.410 e. The molecule has 0 aromatic heterocycles. The fraction of sp³-hybridized carbons (Fsp3) is 0.917. The highest BCUT2D eigenvalue weighted by Crippen LogP contribution is 2.21. The number of hydrogen-bond donors (Lipinski definition) is 1. The van der Waals surface area contributed by atoms with Crippen molar-refractivity contribution in [2.24, 2.45) is 16.8 Å². The Morgan fingerprint density at radius 2 is 1.81 bits per heavy atom. The highest BCUT2D eigenvalue weighted by Gasteiger charge is 2.27. The molecule has 7 heteroatoms. The zero-order chi connectivity index (χ0) is 22.9. The summed E-state index contributed by atoms with van der Waals surface area (Å²) < 4.78 is 5.57. The quantitative estimate of drug-likeness (QED) is 0.487. The van der Waals surface area contributed by atoms with Crippen LogP contribution < -0.4 is 5.32 Å². The van der Waals surface area contributed by atoms with E-state index in [0.717, 1.165) is 58.1 Å². The lowest BCUT2D eigenvalue weighted by atomic mass is 9.96. The molecule has 2 saturated heterocycles. The third-order valence-corrected chi connectivity index (χ3v) is 6.31. The molecule has 0 aromatic carbocycles. The van der Waals surface area contributed by atoms with Gasteiger partial charge in [-0.05, 0) is 85.2 Å². The number of piperidine rings is 2. The van der Waals surface area contributed by atoms with Crippen LogP contribution in [-0.4, -0.2) is 91.3 Å². The highest BCUT2D eigenvalue weighted by atomic mass is 16.6. The summed E-state index contributed by atoms with van der Waals surface area (Å²) in [6.07, 6.45) is 4.55. The number of amides is 1. The van der Waals surface area contributed by atoms with Crippen LogP contribution >= 0.6 is 0 Å². The number of likely N-dealkylation sites (tertiary alicyclic amines) is 2. The van der Waals surface area contributed by atoms with Gasteiger partial charge in [-0.3, -0.25) is 4.99 Å². The van der Waals surface area contributed by atoms with Gasteiger partial charge < -0.3 is 24.8 Å². The van der Waals surface area contributed by atoms with Crippen molar-refractivity contribution in [2.45, 2.75) is 72.8 Å². The SMILES string of the molecule is CCNC(=NCC1CCCN(CC)C1)N1CCC(CN(CC)C(=O)OC(C)(C)C)CC1. The first-order valence-electron chi connectivity index (χ1n) is 12.5. The number of guanidine groups is 1. The number of ether oxygens (including phenoxy) is 1. The molecule has 1 atom stereocenters. The monoisotopic (exact) mass is 437 g/mol. The summed E-state index contributed by atoms with van der Waals surface area (Å²) in [6, 6.07) is 0. The van der Waals surface area contributed by atoms with Gasteiger partial charge in [-0.25, -0.2) is 4.79 Å². The molecule has 0 spiro atoms. The van der Waals surface area contributed by atoms with Crippen molar-refractivity contribution in [3.05, 3.63) is 0 Å². The molecule has 0 bridgehead atoms. The number of carbonyl (C=O) groups is 1. The van der Waals surface area contributed by atoms with Crippen LogP contribution in [0.25, 0.3) is 0 Å². The van der Waals surface area contributed by atoms with Crippen LogP contribution in [0.5, 0.6) is 0 Å². The van der Waals surface area contributed by atoms with Crippen LogP contribution in [0.1, 0.15) is 67.2 Å². The van der Waals surface area contributed by atoms with Crippen LogP contribution in [0.3, 0.4) is 0 Å². The molecule has 2 aliphatic rings. The molecule has 2 fully saturated rings. The summed E-state index contributed by atoms with van der Waals surface area (Å²) >= 11 is 0. The fourth-order valence-electron chi connectivity index (χ4n) is 4.53. The van der Waals surface area contributed by atoms with Gasteiger partial charge in [0, 0.05) is 45.8 Å². The van der Waals surface area contributed by atoms with Gasteiger partial charge in [0.2, 0.25) is 0 Å². The summed E-state index contributed by atoms with van der Waals surface area (Å²) in [5, 5.41) is 3.51. The molecule has 2 heterocycles. The lowest BCUT2D eigenvalue weighted by Gasteiger charge is -2.37. The van der Waals surface area contributed by atoms with Crippen molar-refractivity contribution in [2.75, 3.05) is 58.9 Å². The molecule has 7 nitrogen and oxygen atoms in total. The fourth-order valence-corrected chi connectivity index (χ4v) is 4.53. The number of carbonyl (C=O) groups excluding carboxylic acids is 1. The highest BCUT2D eigenvalue weighted by molar-refractivity contribution is 5.80. The van der Waals surface area contributed by atoms with E-state index in [2.05, 4.69) is 29.0 Å². The maximum atomic E-state index is 12.5. The maximum Gasteiger partial charge on any atom is 0.410 e. The lowest BCUT2D eigenvalue weighted by molar-refractivity contribution is 0.0214. The van der Waals surface area contributed by atoms with Gasteiger partial charge in [-0.2, -0.15) is 0 Å². The van der Waals surface area contributed by atoms with E-state index in [1.807, 2.05) is 32.6 Å². The second-order valence-electron chi connectivity index (χ2n) is 10.0. The number of hydrogen-bond acceptors (Lipinski definition) is 4. The van der Waals surface area contributed by atoms with Crippen LogP contribution in [0, 0.1) is 11.8 Å². The first-order chi connectivity index (χ1) is 14.8. The third kappa shape index (κ3) is 8.87. The minimum Gasteiger partial charge on any atom is -0.444 e. The summed E-state index contributed by atoms with van der Waals surface area (Å²) in [5.41, 5.74) is -0.447. The van der Waals surface area contributed by atoms with Crippen molar-refractivity contribution in [3.63, 3.8) is 0 Å². The standard InChI is InChI=1S/C24H47N5O2/c1-7-25-22(26-17-21-11-10-14-27(8-2)18-21)29-15-12-20(13-16-29)19-28(9-3)23(30)31-24(4,5)6/h20-21H,7-19H2,1-6H3,(H,25,26). The van der Waals surface area contributed by atoms with Crippen LogP contribution in [-0.2, 0) is 4.74 Å². The molecule has 0 aromatic rings. The predicted molar refractivity (Wildman–Crippen MR) is 129 cm³/mol. The van der Waals surface area contributed by atoms with Gasteiger partial charge in [0.1, 0.15) is 5.60 Å². The van der Waals surface area contributed by atoms with Crippen LogP contribution in [0.15, 0.2) is 4.99 Å². The molecule has 0 saturated carbocycles. The molecule has 1 amide bonds. The molecule has 180 valence electrons. The second kappa shape index (κ2) is 12.5. The average Bonchev–Trinajstić information content (AvgIpc) is 2.74. The Kier molecular flexibility index (Phi) is 10.4. The Hall–Kier alpha value is -1.50. The minimum atomic E-state index is -0.447. The summed E-state index contributed by atoms with van der Waals surface area (Å²) in [6.45, 7) is 21.0. The Balaban J connectivity index is 1.85. The normalized spacial score (nSPS) is 21.8. The van der Waals surface area contributed by atoms with Crippen molar-refractivity contribution in [3.8, 4) is 0 Å². The molecule has 0 radical (unpaired) electrons. The van der Waals surface area contributed by atoms with E-state index in [1.165, 1.54) is 25.9 Å². The third-order valence-electron chi connectivity index (χ3n) is 6.31. The van der Waals surface area contributed by atoms with Gasteiger partial charge in [0.15, 0.2) is 5.96 Å². The van der Waals surface area contributed by atoms with E-state index < -0.39 is 5.60 Å². The first-order valence-corrected chi connectivity index (χ1v) is 12.5. The van der Waals surface area contributed by atoms with E-state index in [0.29, 0.717) is 18.4 Å². The van der Waals surface area contributed by atoms with Gasteiger partial charge >= 0.3 is 6.09 Å². The van der Waals surface area contributed by atoms with Crippen molar-refractivity contribution in [1.82, 2.24) is 20.0 Å². The Labute approximate surface area is 190 Å². The summed E-state index contributed by atoms with van der Waals surface area (Å²) in [5.74, 6) is 2.25. The molecule has 2 aliphatic heterocycles. The van der Waals surface area contributed by atoms with Gasteiger partial charge in [0.05, 0.1) is 0 Å². The molecule has 1 unspecified atom stereocenters. The molecule has 2 rings (SSSR count). The molecule has 1 N–H and O–H groups in total. The van der Waals surface area contributed by atoms with Gasteiger partial charge in [-0.1, -0.05) is 6.92 Å². The lowest BCUT2D eigenvalue weighted by Crippen LogP contribution is -2.48. The number of nitrogens with one attached hydrogen (secondary N) is 1. The Morgan fingerprint density at radius 3 is 2.39 bits per heavy atom. The zero-order valence-electron chi connectivity index (χ0n) is 21.0. The van der Waals surface area contributed by atoms with E-state index in [-0.39, 0.29) is 6.09 Å². The maximum absolute atomic E-state index is 12.5. The molecule has 31 heavy (non-hydrogen) atoms. The minimum absolute atomic E-state index is 0.194. The first kappa shape index (κ1) is 25.8. The van der Waals surface area contributed by atoms with Crippen molar-refractivity contribution in [1.29, 1.82) is 0 Å².